The fraction of sp³-hybridized carbons (Fsp3) is 0.0909. The first-order chi connectivity index (χ1) is 13.5. The molecule has 0 N–H and O–H groups in total. The van der Waals surface area contributed by atoms with Gasteiger partial charge in [-0.15, -0.1) is 11.3 Å². The SMILES string of the molecule is Cc1ccsc1/C=C1\Oc2c(ccc(OC(=O)c3ccccc3F)c2C)C1=O. The highest BCUT2D eigenvalue weighted by atomic mass is 32.1. The van der Waals surface area contributed by atoms with E-state index in [9.17, 15) is 14.0 Å². The van der Waals surface area contributed by atoms with Crippen LogP contribution < -0.4 is 9.47 Å². The molecule has 1 aliphatic rings. The van der Waals surface area contributed by atoms with Crippen LogP contribution in [0.2, 0.25) is 0 Å². The van der Waals surface area contributed by atoms with E-state index in [1.807, 2.05) is 18.4 Å². The van der Waals surface area contributed by atoms with E-state index in [2.05, 4.69) is 0 Å². The van der Waals surface area contributed by atoms with E-state index in [1.165, 1.54) is 35.6 Å². The minimum absolute atomic E-state index is 0.159. The molecule has 28 heavy (non-hydrogen) atoms. The van der Waals surface area contributed by atoms with Crippen LogP contribution in [0.1, 0.15) is 36.7 Å². The quantitative estimate of drug-likeness (QED) is 0.342. The standard InChI is InChI=1S/C22H15FO4S/c1-12-9-10-28-19(12)11-18-20(24)15-7-8-17(13(2)21(15)26-18)27-22(25)14-5-3-4-6-16(14)23/h3-11H,1-2H3/b18-11-. The number of ketones is 1. The lowest BCUT2D eigenvalue weighted by Crippen LogP contribution is -2.11. The van der Waals surface area contributed by atoms with Gasteiger partial charge in [0.25, 0.3) is 0 Å². The van der Waals surface area contributed by atoms with Gasteiger partial charge in [-0.25, -0.2) is 9.18 Å². The van der Waals surface area contributed by atoms with Crippen molar-refractivity contribution < 1.29 is 23.5 Å². The molecule has 0 bridgehead atoms. The summed E-state index contributed by atoms with van der Waals surface area (Å²) in [5.41, 5.74) is 1.81. The zero-order valence-corrected chi connectivity index (χ0v) is 15.9. The number of ether oxygens (including phenoxy) is 2. The second kappa shape index (κ2) is 7.05. The Morgan fingerprint density at radius 1 is 1.14 bits per heavy atom. The van der Waals surface area contributed by atoms with Gasteiger partial charge in [-0.05, 0) is 55.1 Å². The van der Waals surface area contributed by atoms with Crippen molar-refractivity contribution in [2.75, 3.05) is 0 Å². The molecule has 0 unspecified atom stereocenters. The van der Waals surface area contributed by atoms with Gasteiger partial charge in [0.15, 0.2) is 5.76 Å². The smallest absolute Gasteiger partial charge is 0.346 e. The third-order valence-electron chi connectivity index (χ3n) is 4.50. The van der Waals surface area contributed by atoms with Crippen molar-refractivity contribution in [3.05, 3.63) is 86.6 Å². The Morgan fingerprint density at radius 3 is 2.64 bits per heavy atom. The Morgan fingerprint density at radius 2 is 1.93 bits per heavy atom. The number of Topliss-reactive ketones (excluding diaryl/α,β-unsaturated/α-hetero) is 1. The number of aryl methyl sites for hydroxylation is 1. The van der Waals surface area contributed by atoms with E-state index in [0.717, 1.165) is 10.4 Å². The van der Waals surface area contributed by atoms with Crippen LogP contribution in [-0.4, -0.2) is 11.8 Å². The minimum Gasteiger partial charge on any atom is -0.452 e. The lowest BCUT2D eigenvalue weighted by Gasteiger charge is -2.10. The van der Waals surface area contributed by atoms with Gasteiger partial charge < -0.3 is 9.47 Å². The van der Waals surface area contributed by atoms with E-state index >= 15 is 0 Å². The number of esters is 1. The van der Waals surface area contributed by atoms with E-state index in [4.69, 9.17) is 9.47 Å². The number of rotatable bonds is 3. The van der Waals surface area contributed by atoms with Gasteiger partial charge in [0.05, 0.1) is 11.1 Å². The van der Waals surface area contributed by atoms with Crippen LogP contribution in [0.3, 0.4) is 0 Å². The molecule has 0 amide bonds. The maximum absolute atomic E-state index is 13.8. The molecule has 1 aliphatic heterocycles. The molecule has 0 spiro atoms. The number of benzene rings is 2. The first kappa shape index (κ1) is 18.1. The highest BCUT2D eigenvalue weighted by Gasteiger charge is 2.31. The maximum Gasteiger partial charge on any atom is 0.346 e. The van der Waals surface area contributed by atoms with Crippen LogP contribution in [0.25, 0.3) is 6.08 Å². The van der Waals surface area contributed by atoms with Gasteiger partial charge in [-0.3, -0.25) is 4.79 Å². The van der Waals surface area contributed by atoms with Crippen molar-refractivity contribution in [2.24, 2.45) is 0 Å². The normalized spacial score (nSPS) is 14.1. The molecule has 0 fully saturated rings. The highest BCUT2D eigenvalue weighted by Crippen LogP contribution is 2.40. The Bertz CT molecular complexity index is 1140. The number of hydrogen-bond donors (Lipinski definition) is 0. The van der Waals surface area contributed by atoms with Gasteiger partial charge in [-0.1, -0.05) is 12.1 Å². The molecule has 1 aromatic heterocycles. The Labute approximate surface area is 164 Å². The van der Waals surface area contributed by atoms with Gasteiger partial charge in [-0.2, -0.15) is 0 Å². The number of carbonyl (C=O) groups excluding carboxylic acids is 2. The summed E-state index contributed by atoms with van der Waals surface area (Å²) in [4.78, 5) is 25.9. The summed E-state index contributed by atoms with van der Waals surface area (Å²) in [7, 11) is 0. The molecule has 4 rings (SSSR count). The van der Waals surface area contributed by atoms with Crippen molar-refractivity contribution in [3.63, 3.8) is 0 Å². The largest absolute Gasteiger partial charge is 0.452 e. The molecule has 0 radical (unpaired) electrons. The monoisotopic (exact) mass is 394 g/mol. The average molecular weight is 394 g/mol. The third kappa shape index (κ3) is 3.12. The summed E-state index contributed by atoms with van der Waals surface area (Å²) < 4.78 is 24.9. The second-order valence-electron chi connectivity index (χ2n) is 6.34. The van der Waals surface area contributed by atoms with Gasteiger partial charge in [0, 0.05) is 16.5 Å². The van der Waals surface area contributed by atoms with Gasteiger partial charge in [0.2, 0.25) is 5.78 Å². The van der Waals surface area contributed by atoms with Crippen LogP contribution in [0.4, 0.5) is 4.39 Å². The van der Waals surface area contributed by atoms with E-state index < -0.39 is 11.8 Å². The van der Waals surface area contributed by atoms with Gasteiger partial charge >= 0.3 is 5.97 Å². The molecule has 2 aromatic carbocycles. The molecular weight excluding hydrogens is 379 g/mol. The number of thiophene rings is 1. The van der Waals surface area contributed by atoms with Crippen molar-refractivity contribution in [1.82, 2.24) is 0 Å². The van der Waals surface area contributed by atoms with Gasteiger partial charge in [0.1, 0.15) is 17.3 Å². The zero-order chi connectivity index (χ0) is 19.8. The summed E-state index contributed by atoms with van der Waals surface area (Å²) in [6, 6.07) is 10.6. The first-order valence-corrected chi connectivity index (χ1v) is 9.42. The summed E-state index contributed by atoms with van der Waals surface area (Å²) in [5, 5.41) is 1.94. The van der Waals surface area contributed by atoms with Crippen LogP contribution in [0.15, 0.2) is 53.6 Å². The van der Waals surface area contributed by atoms with Crippen molar-refractivity contribution in [2.45, 2.75) is 13.8 Å². The molecule has 3 aromatic rings. The zero-order valence-electron chi connectivity index (χ0n) is 15.1. The van der Waals surface area contributed by atoms with Crippen LogP contribution >= 0.6 is 11.3 Å². The topological polar surface area (TPSA) is 52.6 Å². The Hall–Kier alpha value is -3.25. The highest BCUT2D eigenvalue weighted by molar-refractivity contribution is 7.11. The fourth-order valence-corrected chi connectivity index (χ4v) is 3.76. The molecule has 0 saturated heterocycles. The first-order valence-electron chi connectivity index (χ1n) is 8.54. The van der Waals surface area contributed by atoms with E-state index in [0.29, 0.717) is 16.9 Å². The van der Waals surface area contributed by atoms with Crippen molar-refractivity contribution in [3.8, 4) is 11.5 Å². The fourth-order valence-electron chi connectivity index (χ4n) is 2.91. The third-order valence-corrected chi connectivity index (χ3v) is 5.46. The average Bonchev–Trinajstić information content (AvgIpc) is 3.22. The second-order valence-corrected chi connectivity index (χ2v) is 7.29. The number of carbonyl (C=O) groups is 2. The lowest BCUT2D eigenvalue weighted by molar-refractivity contribution is 0.0728. The van der Waals surface area contributed by atoms with E-state index in [1.54, 1.807) is 25.1 Å². The molecule has 2 heterocycles. The van der Waals surface area contributed by atoms with Crippen LogP contribution in [0.5, 0.6) is 11.5 Å². The summed E-state index contributed by atoms with van der Waals surface area (Å²) in [6.07, 6.45) is 1.72. The van der Waals surface area contributed by atoms with E-state index in [-0.39, 0.29) is 22.9 Å². The molecular formula is C22H15FO4S. The lowest BCUT2D eigenvalue weighted by atomic mass is 10.1. The van der Waals surface area contributed by atoms with Crippen molar-refractivity contribution >= 4 is 29.2 Å². The maximum atomic E-state index is 13.8. The predicted molar refractivity (Wildman–Crippen MR) is 105 cm³/mol. The van der Waals surface area contributed by atoms with Crippen molar-refractivity contribution in [1.29, 1.82) is 0 Å². The molecule has 0 atom stereocenters. The molecule has 6 heteroatoms. The Kier molecular flexibility index (Phi) is 4.57. The summed E-state index contributed by atoms with van der Waals surface area (Å²) in [5.74, 6) is -0.901. The predicted octanol–water partition coefficient (Wildman–Crippen LogP) is 5.34. The number of fused-ring (bicyclic) bond motifs is 1. The molecule has 140 valence electrons. The minimum atomic E-state index is -0.810. The summed E-state index contributed by atoms with van der Waals surface area (Å²) >= 11 is 1.52. The summed E-state index contributed by atoms with van der Waals surface area (Å²) in [6.45, 7) is 3.65. The number of allylic oxidation sites excluding steroid dienone is 1. The molecule has 0 saturated carbocycles. The number of halogens is 1. The van der Waals surface area contributed by atoms with Crippen LogP contribution in [0, 0.1) is 19.7 Å². The van der Waals surface area contributed by atoms with Crippen LogP contribution in [-0.2, 0) is 0 Å². The Balaban J connectivity index is 1.64. The molecule has 0 aliphatic carbocycles. The number of hydrogen-bond acceptors (Lipinski definition) is 5. The molecule has 4 nitrogen and oxygen atoms in total.